The summed E-state index contributed by atoms with van der Waals surface area (Å²) in [5.74, 6) is 0.620. The maximum absolute atomic E-state index is 13.0. The Labute approximate surface area is 174 Å². The quantitative estimate of drug-likeness (QED) is 0.716. The summed E-state index contributed by atoms with van der Waals surface area (Å²) in [6.45, 7) is 1.32. The Kier molecular flexibility index (Phi) is 6.76. The van der Waals surface area contributed by atoms with Crippen LogP contribution in [0.1, 0.15) is 22.3 Å². The molecular weight excluding hydrogens is 391 g/mol. The lowest BCUT2D eigenvalue weighted by Gasteiger charge is -2.17. The van der Waals surface area contributed by atoms with E-state index in [0.717, 1.165) is 5.56 Å². The zero-order chi connectivity index (χ0) is 21.7. The Bertz CT molecular complexity index is 891. The number of nitrogens with one attached hydrogen (secondary N) is 1. The second-order valence-electron chi connectivity index (χ2n) is 7.09. The standard InChI is InChI=1S/C22H25FN2O5/c1-28-18-9-16(10-19(29-2)21(18)30-3)22(27)24-11-15-8-20(26)25(13-15)12-14-4-6-17(23)7-5-14/h4-7,9-10,15H,8,11-13H2,1-3H3,(H,24,27). The number of benzene rings is 2. The van der Waals surface area contributed by atoms with Crippen LogP contribution in [0.5, 0.6) is 17.2 Å². The van der Waals surface area contributed by atoms with Crippen molar-refractivity contribution in [1.82, 2.24) is 10.2 Å². The molecule has 1 atom stereocenters. The third kappa shape index (κ3) is 4.82. The fourth-order valence-corrected chi connectivity index (χ4v) is 3.51. The van der Waals surface area contributed by atoms with Crippen molar-refractivity contribution in [1.29, 1.82) is 0 Å². The van der Waals surface area contributed by atoms with E-state index in [0.29, 0.717) is 48.9 Å². The molecule has 1 aliphatic heterocycles. The highest BCUT2D eigenvalue weighted by Crippen LogP contribution is 2.38. The van der Waals surface area contributed by atoms with E-state index in [1.807, 2.05) is 0 Å². The molecule has 0 radical (unpaired) electrons. The zero-order valence-electron chi connectivity index (χ0n) is 17.2. The van der Waals surface area contributed by atoms with Crippen LogP contribution in [0.2, 0.25) is 0 Å². The Morgan fingerprint density at radius 1 is 1.10 bits per heavy atom. The van der Waals surface area contributed by atoms with E-state index < -0.39 is 0 Å². The monoisotopic (exact) mass is 416 g/mol. The number of hydrogen-bond acceptors (Lipinski definition) is 5. The summed E-state index contributed by atoms with van der Waals surface area (Å²) in [5.41, 5.74) is 1.24. The van der Waals surface area contributed by atoms with E-state index in [4.69, 9.17) is 14.2 Å². The average Bonchev–Trinajstić information content (AvgIpc) is 3.11. The third-order valence-corrected chi connectivity index (χ3v) is 5.06. The number of halogens is 1. The number of carbonyl (C=O) groups is 2. The summed E-state index contributed by atoms with van der Waals surface area (Å²) in [6, 6.07) is 9.26. The molecule has 7 nitrogen and oxygen atoms in total. The van der Waals surface area contributed by atoms with Gasteiger partial charge in [-0.3, -0.25) is 9.59 Å². The molecule has 2 amide bonds. The van der Waals surface area contributed by atoms with Crippen molar-refractivity contribution in [3.63, 3.8) is 0 Å². The van der Waals surface area contributed by atoms with E-state index in [-0.39, 0.29) is 23.5 Å². The molecule has 30 heavy (non-hydrogen) atoms. The third-order valence-electron chi connectivity index (χ3n) is 5.06. The van der Waals surface area contributed by atoms with Gasteiger partial charge >= 0.3 is 0 Å². The molecular formula is C22H25FN2O5. The molecule has 0 aliphatic carbocycles. The van der Waals surface area contributed by atoms with Crippen LogP contribution in [0.4, 0.5) is 4.39 Å². The normalized spacial score (nSPS) is 15.8. The van der Waals surface area contributed by atoms with Gasteiger partial charge in [0.15, 0.2) is 11.5 Å². The lowest BCUT2D eigenvalue weighted by molar-refractivity contribution is -0.128. The number of methoxy groups -OCH3 is 3. The summed E-state index contributed by atoms with van der Waals surface area (Å²) < 4.78 is 28.9. The van der Waals surface area contributed by atoms with Gasteiger partial charge in [-0.05, 0) is 29.8 Å². The van der Waals surface area contributed by atoms with Gasteiger partial charge in [-0.1, -0.05) is 12.1 Å². The molecule has 1 unspecified atom stereocenters. The van der Waals surface area contributed by atoms with Crippen molar-refractivity contribution >= 4 is 11.8 Å². The minimum absolute atomic E-state index is 0.00365. The highest BCUT2D eigenvalue weighted by Gasteiger charge is 2.30. The molecule has 1 saturated heterocycles. The summed E-state index contributed by atoms with van der Waals surface area (Å²) >= 11 is 0. The van der Waals surface area contributed by atoms with Crippen molar-refractivity contribution in [3.05, 3.63) is 53.3 Å². The molecule has 1 aliphatic rings. The minimum atomic E-state index is -0.307. The highest BCUT2D eigenvalue weighted by atomic mass is 19.1. The van der Waals surface area contributed by atoms with Crippen molar-refractivity contribution in [2.24, 2.45) is 5.92 Å². The van der Waals surface area contributed by atoms with Crippen molar-refractivity contribution in [3.8, 4) is 17.2 Å². The summed E-state index contributed by atoms with van der Waals surface area (Å²) in [5, 5.41) is 2.87. The largest absolute Gasteiger partial charge is 0.493 e. The molecule has 1 N–H and O–H groups in total. The van der Waals surface area contributed by atoms with Gasteiger partial charge in [0.25, 0.3) is 5.91 Å². The molecule has 1 heterocycles. The molecule has 0 bridgehead atoms. The lowest BCUT2D eigenvalue weighted by atomic mass is 10.1. The second-order valence-corrected chi connectivity index (χ2v) is 7.09. The SMILES string of the molecule is COc1cc(C(=O)NCC2CC(=O)N(Cc3ccc(F)cc3)C2)cc(OC)c1OC. The Morgan fingerprint density at radius 3 is 2.30 bits per heavy atom. The van der Waals surface area contributed by atoms with Crippen LogP contribution in [0.3, 0.4) is 0 Å². The van der Waals surface area contributed by atoms with Gasteiger partial charge in [-0.2, -0.15) is 0 Å². The van der Waals surface area contributed by atoms with Gasteiger partial charge in [-0.15, -0.1) is 0 Å². The molecule has 2 aromatic carbocycles. The maximum atomic E-state index is 13.0. The second kappa shape index (κ2) is 9.47. The number of rotatable bonds is 8. The number of hydrogen-bond donors (Lipinski definition) is 1. The number of carbonyl (C=O) groups excluding carboxylic acids is 2. The molecule has 1 fully saturated rings. The molecule has 3 rings (SSSR count). The number of likely N-dealkylation sites (tertiary alicyclic amines) is 1. The van der Waals surface area contributed by atoms with Gasteiger partial charge in [0.2, 0.25) is 11.7 Å². The van der Waals surface area contributed by atoms with Crippen LogP contribution >= 0.6 is 0 Å². The molecule has 0 spiro atoms. The lowest BCUT2D eigenvalue weighted by Crippen LogP contribution is -2.31. The van der Waals surface area contributed by atoms with Gasteiger partial charge in [0.1, 0.15) is 5.82 Å². The Balaban J connectivity index is 1.60. The van der Waals surface area contributed by atoms with E-state index in [1.54, 1.807) is 29.2 Å². The van der Waals surface area contributed by atoms with Crippen LogP contribution < -0.4 is 19.5 Å². The highest BCUT2D eigenvalue weighted by molar-refractivity contribution is 5.95. The molecule has 160 valence electrons. The molecule has 0 aromatic heterocycles. The summed E-state index contributed by atoms with van der Waals surface area (Å²) in [7, 11) is 4.46. The van der Waals surface area contributed by atoms with Gasteiger partial charge < -0.3 is 24.4 Å². The number of ether oxygens (including phenoxy) is 3. The van der Waals surface area contributed by atoms with Crippen molar-refractivity contribution in [2.45, 2.75) is 13.0 Å². The van der Waals surface area contributed by atoms with E-state index in [9.17, 15) is 14.0 Å². The Hall–Kier alpha value is -3.29. The van der Waals surface area contributed by atoms with E-state index >= 15 is 0 Å². The Morgan fingerprint density at radius 2 is 1.73 bits per heavy atom. The van der Waals surface area contributed by atoms with Crippen molar-refractivity contribution < 1.29 is 28.2 Å². The predicted molar refractivity (Wildman–Crippen MR) is 108 cm³/mol. The zero-order valence-corrected chi connectivity index (χ0v) is 17.2. The molecule has 2 aromatic rings. The van der Waals surface area contributed by atoms with Crippen LogP contribution in [-0.4, -0.2) is 51.1 Å². The average molecular weight is 416 g/mol. The summed E-state index contributed by atoms with van der Waals surface area (Å²) in [6.07, 6.45) is 0.358. The van der Waals surface area contributed by atoms with Crippen molar-refractivity contribution in [2.75, 3.05) is 34.4 Å². The predicted octanol–water partition coefficient (Wildman–Crippen LogP) is 2.63. The van der Waals surface area contributed by atoms with E-state index in [2.05, 4.69) is 5.32 Å². The molecule has 0 saturated carbocycles. The van der Waals surface area contributed by atoms with Crippen LogP contribution in [0.25, 0.3) is 0 Å². The number of nitrogens with zero attached hydrogens (tertiary/aromatic N) is 1. The van der Waals surface area contributed by atoms with Crippen LogP contribution in [0.15, 0.2) is 36.4 Å². The summed E-state index contributed by atoms with van der Waals surface area (Å²) in [4.78, 5) is 26.7. The van der Waals surface area contributed by atoms with Crippen LogP contribution in [0, 0.1) is 11.7 Å². The topological polar surface area (TPSA) is 77.1 Å². The van der Waals surface area contributed by atoms with Crippen LogP contribution in [-0.2, 0) is 11.3 Å². The fraction of sp³-hybridized carbons (Fsp3) is 0.364. The van der Waals surface area contributed by atoms with Gasteiger partial charge in [0, 0.05) is 37.5 Å². The smallest absolute Gasteiger partial charge is 0.251 e. The first-order valence-corrected chi connectivity index (χ1v) is 9.55. The number of amides is 2. The first kappa shape index (κ1) is 21.4. The maximum Gasteiger partial charge on any atom is 0.251 e. The van der Waals surface area contributed by atoms with Gasteiger partial charge in [0.05, 0.1) is 21.3 Å². The first-order valence-electron chi connectivity index (χ1n) is 9.55. The first-order chi connectivity index (χ1) is 14.4. The van der Waals surface area contributed by atoms with E-state index in [1.165, 1.54) is 33.5 Å². The van der Waals surface area contributed by atoms with Gasteiger partial charge in [-0.25, -0.2) is 4.39 Å². The fourth-order valence-electron chi connectivity index (χ4n) is 3.51. The minimum Gasteiger partial charge on any atom is -0.493 e. The molecule has 8 heteroatoms.